The van der Waals surface area contributed by atoms with E-state index in [1.165, 1.54) is 11.3 Å². The Bertz CT molecular complexity index is 1120. The standard InChI is InChI=1S/C25H19NO2S/c27-23(15-16-25-26-22(18-29-25)20-11-5-2-6-12-20)21-13-7-8-14-24(21)28-17-19-9-3-1-4-10-19/h1-16,18H,17H2/b16-15+. The molecule has 0 fully saturated rings. The Morgan fingerprint density at radius 1 is 0.897 bits per heavy atom. The minimum atomic E-state index is -0.106. The highest BCUT2D eigenvalue weighted by Crippen LogP contribution is 2.24. The van der Waals surface area contributed by atoms with E-state index in [9.17, 15) is 4.79 Å². The molecule has 4 heteroatoms. The molecule has 0 atom stereocenters. The number of ketones is 1. The Hall–Kier alpha value is -3.50. The highest BCUT2D eigenvalue weighted by Gasteiger charge is 2.10. The van der Waals surface area contributed by atoms with Gasteiger partial charge in [0.05, 0.1) is 11.3 Å². The van der Waals surface area contributed by atoms with Crippen LogP contribution in [0.4, 0.5) is 0 Å². The number of allylic oxidation sites excluding steroid dienone is 1. The fraction of sp³-hybridized carbons (Fsp3) is 0.0400. The summed E-state index contributed by atoms with van der Waals surface area (Å²) in [4.78, 5) is 17.3. The van der Waals surface area contributed by atoms with E-state index in [-0.39, 0.29) is 5.78 Å². The summed E-state index contributed by atoms with van der Waals surface area (Å²) in [6.45, 7) is 0.418. The zero-order chi connectivity index (χ0) is 19.9. The Kier molecular flexibility index (Phi) is 5.93. The van der Waals surface area contributed by atoms with Crippen LogP contribution in [0.1, 0.15) is 20.9 Å². The first-order valence-electron chi connectivity index (χ1n) is 9.29. The molecule has 0 aliphatic carbocycles. The molecule has 0 unspecified atom stereocenters. The summed E-state index contributed by atoms with van der Waals surface area (Å²) < 4.78 is 5.89. The van der Waals surface area contributed by atoms with Gasteiger partial charge in [-0.1, -0.05) is 72.8 Å². The largest absolute Gasteiger partial charge is 0.488 e. The van der Waals surface area contributed by atoms with Crippen molar-refractivity contribution in [2.45, 2.75) is 6.61 Å². The van der Waals surface area contributed by atoms with Gasteiger partial charge in [0.2, 0.25) is 0 Å². The minimum Gasteiger partial charge on any atom is -0.488 e. The smallest absolute Gasteiger partial charge is 0.189 e. The molecule has 0 amide bonds. The molecule has 4 aromatic rings. The quantitative estimate of drug-likeness (QED) is 0.272. The number of rotatable bonds is 7. The number of carbonyl (C=O) groups excluding carboxylic acids is 1. The predicted molar refractivity (Wildman–Crippen MR) is 118 cm³/mol. The number of nitrogens with zero attached hydrogens (tertiary/aromatic N) is 1. The summed E-state index contributed by atoms with van der Waals surface area (Å²) in [6, 6.07) is 27.2. The third-order valence-electron chi connectivity index (χ3n) is 4.36. The summed E-state index contributed by atoms with van der Waals surface area (Å²) in [7, 11) is 0. The number of benzene rings is 3. The molecule has 142 valence electrons. The Balaban J connectivity index is 1.47. The Morgan fingerprint density at radius 2 is 1.59 bits per heavy atom. The number of hydrogen-bond donors (Lipinski definition) is 0. The van der Waals surface area contributed by atoms with Crippen molar-refractivity contribution in [3.8, 4) is 17.0 Å². The first kappa shape index (κ1) is 18.8. The van der Waals surface area contributed by atoms with Gasteiger partial charge in [0, 0.05) is 10.9 Å². The summed E-state index contributed by atoms with van der Waals surface area (Å²) in [5.41, 5.74) is 3.57. The van der Waals surface area contributed by atoms with Gasteiger partial charge in [-0.3, -0.25) is 4.79 Å². The maximum Gasteiger partial charge on any atom is 0.189 e. The average Bonchev–Trinajstić information content (AvgIpc) is 3.27. The molecular formula is C25H19NO2S. The zero-order valence-electron chi connectivity index (χ0n) is 15.7. The van der Waals surface area contributed by atoms with Gasteiger partial charge < -0.3 is 4.74 Å². The lowest BCUT2D eigenvalue weighted by atomic mass is 10.1. The van der Waals surface area contributed by atoms with Crippen LogP contribution < -0.4 is 4.74 Å². The minimum absolute atomic E-state index is 0.106. The van der Waals surface area contributed by atoms with Crippen molar-refractivity contribution < 1.29 is 9.53 Å². The molecule has 1 aromatic heterocycles. The summed E-state index contributed by atoms with van der Waals surface area (Å²) in [5, 5.41) is 2.79. The molecule has 0 spiro atoms. The fourth-order valence-corrected chi connectivity index (χ4v) is 3.59. The van der Waals surface area contributed by atoms with Crippen molar-refractivity contribution in [2.75, 3.05) is 0 Å². The van der Waals surface area contributed by atoms with E-state index in [1.807, 2.05) is 84.2 Å². The molecule has 3 aromatic carbocycles. The molecule has 0 bridgehead atoms. The lowest BCUT2D eigenvalue weighted by Crippen LogP contribution is -2.02. The highest BCUT2D eigenvalue weighted by atomic mass is 32.1. The molecule has 0 aliphatic rings. The van der Waals surface area contributed by atoms with Gasteiger partial charge in [-0.2, -0.15) is 0 Å². The van der Waals surface area contributed by atoms with Crippen molar-refractivity contribution >= 4 is 23.2 Å². The lowest BCUT2D eigenvalue weighted by Gasteiger charge is -2.09. The van der Waals surface area contributed by atoms with Crippen molar-refractivity contribution in [1.29, 1.82) is 0 Å². The highest BCUT2D eigenvalue weighted by molar-refractivity contribution is 7.10. The SMILES string of the molecule is O=C(/C=C/c1nc(-c2ccccc2)cs1)c1ccccc1OCc1ccccc1. The summed E-state index contributed by atoms with van der Waals surface area (Å²) >= 11 is 1.51. The maximum absolute atomic E-state index is 12.7. The van der Waals surface area contributed by atoms with Crippen molar-refractivity contribution in [3.05, 3.63) is 113 Å². The van der Waals surface area contributed by atoms with Crippen molar-refractivity contribution in [3.63, 3.8) is 0 Å². The third-order valence-corrected chi connectivity index (χ3v) is 5.17. The van der Waals surface area contributed by atoms with E-state index in [0.29, 0.717) is 17.9 Å². The van der Waals surface area contributed by atoms with Gasteiger partial charge in [0.15, 0.2) is 5.78 Å². The fourth-order valence-electron chi connectivity index (χ4n) is 2.87. The van der Waals surface area contributed by atoms with Crippen LogP contribution in [-0.4, -0.2) is 10.8 Å². The molecule has 4 rings (SSSR count). The lowest BCUT2D eigenvalue weighted by molar-refractivity contribution is 0.104. The molecule has 0 saturated carbocycles. The Morgan fingerprint density at radius 3 is 2.38 bits per heavy atom. The average molecular weight is 397 g/mol. The van der Waals surface area contributed by atoms with Gasteiger partial charge in [0.1, 0.15) is 17.4 Å². The first-order valence-corrected chi connectivity index (χ1v) is 10.2. The van der Waals surface area contributed by atoms with Gasteiger partial charge in [-0.25, -0.2) is 4.98 Å². The predicted octanol–water partition coefficient (Wildman–Crippen LogP) is 6.29. The van der Waals surface area contributed by atoms with Gasteiger partial charge in [-0.05, 0) is 29.8 Å². The van der Waals surface area contributed by atoms with Crippen molar-refractivity contribution in [1.82, 2.24) is 4.98 Å². The number of carbonyl (C=O) groups is 1. The molecule has 1 heterocycles. The van der Waals surface area contributed by atoms with Crippen LogP contribution in [0.25, 0.3) is 17.3 Å². The molecule has 0 saturated heterocycles. The Labute approximate surface area is 174 Å². The van der Waals surface area contributed by atoms with Gasteiger partial charge in [0.25, 0.3) is 0 Å². The number of thiazole rings is 1. The van der Waals surface area contributed by atoms with Crippen LogP contribution >= 0.6 is 11.3 Å². The zero-order valence-corrected chi connectivity index (χ0v) is 16.5. The van der Waals surface area contributed by atoms with E-state index >= 15 is 0 Å². The molecule has 0 N–H and O–H groups in total. The van der Waals surface area contributed by atoms with Crippen LogP contribution in [0.2, 0.25) is 0 Å². The van der Waals surface area contributed by atoms with Crippen molar-refractivity contribution in [2.24, 2.45) is 0 Å². The summed E-state index contributed by atoms with van der Waals surface area (Å²) in [5.74, 6) is 0.472. The second-order valence-electron chi connectivity index (χ2n) is 6.41. The number of ether oxygens (including phenoxy) is 1. The number of hydrogen-bond acceptors (Lipinski definition) is 4. The monoisotopic (exact) mass is 397 g/mol. The molecular weight excluding hydrogens is 378 g/mol. The van der Waals surface area contributed by atoms with E-state index in [0.717, 1.165) is 21.8 Å². The van der Waals surface area contributed by atoms with E-state index < -0.39 is 0 Å². The number of para-hydroxylation sites is 1. The van der Waals surface area contributed by atoms with Crippen LogP contribution in [0.3, 0.4) is 0 Å². The van der Waals surface area contributed by atoms with Crippen LogP contribution in [0, 0.1) is 0 Å². The van der Waals surface area contributed by atoms with E-state index in [4.69, 9.17) is 4.74 Å². The van der Waals surface area contributed by atoms with Gasteiger partial charge in [-0.15, -0.1) is 11.3 Å². The summed E-state index contributed by atoms with van der Waals surface area (Å²) in [6.07, 6.45) is 3.31. The van der Waals surface area contributed by atoms with Crippen LogP contribution in [0.15, 0.2) is 96.4 Å². The van der Waals surface area contributed by atoms with E-state index in [2.05, 4.69) is 4.98 Å². The van der Waals surface area contributed by atoms with Crippen LogP contribution in [0.5, 0.6) is 5.75 Å². The second kappa shape index (κ2) is 9.13. The molecule has 3 nitrogen and oxygen atoms in total. The first-order chi connectivity index (χ1) is 14.3. The molecule has 29 heavy (non-hydrogen) atoms. The number of aromatic nitrogens is 1. The maximum atomic E-state index is 12.7. The topological polar surface area (TPSA) is 39.2 Å². The second-order valence-corrected chi connectivity index (χ2v) is 7.29. The normalized spacial score (nSPS) is 10.9. The van der Waals surface area contributed by atoms with E-state index in [1.54, 1.807) is 18.2 Å². The third kappa shape index (κ3) is 4.86. The van der Waals surface area contributed by atoms with Gasteiger partial charge >= 0.3 is 0 Å². The molecule has 0 aliphatic heterocycles. The van der Waals surface area contributed by atoms with Crippen LogP contribution in [-0.2, 0) is 6.61 Å². The molecule has 0 radical (unpaired) electrons.